The van der Waals surface area contributed by atoms with Crippen molar-refractivity contribution < 1.29 is 17.9 Å². The molecule has 24 heavy (non-hydrogen) atoms. The molecule has 0 radical (unpaired) electrons. The molecule has 0 aliphatic carbocycles. The zero-order valence-electron chi connectivity index (χ0n) is 13.9. The number of nitrogens with zero attached hydrogens (tertiary/aromatic N) is 1. The van der Waals surface area contributed by atoms with Crippen LogP contribution in [0, 0.1) is 20.8 Å². The Labute approximate surface area is 140 Å². The summed E-state index contributed by atoms with van der Waals surface area (Å²) < 4.78 is 28.3. The number of carbonyl (C=O) groups excluding carboxylic acids is 1. The normalized spacial score (nSPS) is 11.2. The Morgan fingerprint density at radius 3 is 2.46 bits per heavy atom. The highest BCUT2D eigenvalue weighted by Gasteiger charge is 2.18. The largest absolute Gasteiger partial charge is 0.480 e. The first-order valence-corrected chi connectivity index (χ1v) is 8.65. The van der Waals surface area contributed by atoms with Crippen molar-refractivity contribution in [1.82, 2.24) is 4.98 Å². The molecule has 128 valence electrons. The van der Waals surface area contributed by atoms with Gasteiger partial charge in [0.05, 0.1) is 12.0 Å². The number of sulfonamides is 1. The average Bonchev–Trinajstić information content (AvgIpc) is 2.50. The van der Waals surface area contributed by atoms with Crippen LogP contribution in [0.3, 0.4) is 0 Å². The van der Waals surface area contributed by atoms with Gasteiger partial charge in [-0.15, -0.1) is 0 Å². The van der Waals surface area contributed by atoms with Gasteiger partial charge in [-0.2, -0.15) is 0 Å². The summed E-state index contributed by atoms with van der Waals surface area (Å²) in [6.45, 7) is 5.31. The molecule has 7 nitrogen and oxygen atoms in total. The number of aromatic nitrogens is 1. The molecule has 0 bridgehead atoms. The number of ether oxygens (including phenoxy) is 1. The van der Waals surface area contributed by atoms with Crippen molar-refractivity contribution in [1.29, 1.82) is 0 Å². The van der Waals surface area contributed by atoms with Gasteiger partial charge in [0.15, 0.2) is 0 Å². The summed E-state index contributed by atoms with van der Waals surface area (Å²) in [7, 11) is -2.45. The lowest BCUT2D eigenvalue weighted by atomic mass is 10.1. The molecule has 0 saturated carbocycles. The average molecular weight is 349 g/mol. The van der Waals surface area contributed by atoms with Gasteiger partial charge in [0.1, 0.15) is 5.56 Å². The zero-order valence-corrected chi connectivity index (χ0v) is 14.7. The topological polar surface area (TPSA) is 111 Å². The van der Waals surface area contributed by atoms with Crippen LogP contribution in [0.1, 0.15) is 27.2 Å². The van der Waals surface area contributed by atoms with Gasteiger partial charge in [0.25, 0.3) is 5.91 Å². The fourth-order valence-electron chi connectivity index (χ4n) is 2.17. The van der Waals surface area contributed by atoms with E-state index in [1.165, 1.54) is 19.2 Å². The van der Waals surface area contributed by atoms with Crippen molar-refractivity contribution in [3.8, 4) is 5.88 Å². The predicted molar refractivity (Wildman–Crippen MR) is 90.8 cm³/mol. The van der Waals surface area contributed by atoms with Gasteiger partial charge in [-0.25, -0.2) is 18.5 Å². The smallest absolute Gasteiger partial charge is 0.261 e. The van der Waals surface area contributed by atoms with Crippen LogP contribution in [0.5, 0.6) is 5.88 Å². The molecule has 0 aliphatic rings. The van der Waals surface area contributed by atoms with E-state index in [-0.39, 0.29) is 16.3 Å². The van der Waals surface area contributed by atoms with E-state index in [0.29, 0.717) is 16.9 Å². The van der Waals surface area contributed by atoms with Gasteiger partial charge in [0.2, 0.25) is 15.9 Å². The summed E-state index contributed by atoms with van der Waals surface area (Å²) in [6.07, 6.45) is 0. The lowest BCUT2D eigenvalue weighted by molar-refractivity contribution is 0.102. The van der Waals surface area contributed by atoms with E-state index in [1.54, 1.807) is 32.9 Å². The summed E-state index contributed by atoms with van der Waals surface area (Å²) >= 11 is 0. The summed E-state index contributed by atoms with van der Waals surface area (Å²) in [5.41, 5.74) is 2.78. The molecule has 0 unspecified atom stereocenters. The van der Waals surface area contributed by atoms with Crippen LogP contribution in [-0.2, 0) is 10.0 Å². The molecule has 1 heterocycles. The highest BCUT2D eigenvalue weighted by Crippen LogP contribution is 2.25. The Morgan fingerprint density at radius 2 is 1.88 bits per heavy atom. The van der Waals surface area contributed by atoms with Crippen LogP contribution < -0.4 is 15.2 Å². The molecule has 2 aromatic rings. The van der Waals surface area contributed by atoms with Gasteiger partial charge in [0, 0.05) is 11.4 Å². The van der Waals surface area contributed by atoms with Gasteiger partial charge >= 0.3 is 0 Å². The van der Waals surface area contributed by atoms with Gasteiger partial charge in [-0.05, 0) is 56.2 Å². The number of amides is 1. The third-order valence-corrected chi connectivity index (χ3v) is 4.55. The van der Waals surface area contributed by atoms with Crippen LogP contribution in [0.2, 0.25) is 0 Å². The Balaban J connectivity index is 2.45. The molecule has 0 spiro atoms. The number of benzene rings is 1. The van der Waals surface area contributed by atoms with E-state index in [1.807, 2.05) is 0 Å². The molecule has 1 aromatic carbocycles. The lowest BCUT2D eigenvalue weighted by Gasteiger charge is -2.14. The minimum Gasteiger partial charge on any atom is -0.480 e. The fraction of sp³-hybridized carbons (Fsp3) is 0.250. The maximum absolute atomic E-state index is 12.5. The van der Waals surface area contributed by atoms with Crippen LogP contribution in [0.15, 0.2) is 29.2 Å². The number of anilines is 1. The van der Waals surface area contributed by atoms with Crippen molar-refractivity contribution in [2.75, 3.05) is 12.4 Å². The van der Waals surface area contributed by atoms with Crippen molar-refractivity contribution in [2.45, 2.75) is 25.7 Å². The molecular weight excluding hydrogens is 330 g/mol. The first kappa shape index (κ1) is 17.9. The first-order valence-electron chi connectivity index (χ1n) is 7.10. The molecular formula is C16H19N3O4S. The molecule has 1 amide bonds. The standard InChI is InChI=1S/C16H19N3O4S/c1-9-7-12(24(17,21)22)8-14(11(9)3)19-15(20)13-6-5-10(2)18-16(13)23-4/h5-8H,1-4H3,(H,19,20)(H2,17,21,22). The predicted octanol–water partition coefficient (Wildman–Crippen LogP) is 1.92. The molecule has 8 heteroatoms. The highest BCUT2D eigenvalue weighted by molar-refractivity contribution is 7.89. The van der Waals surface area contributed by atoms with Gasteiger partial charge < -0.3 is 10.1 Å². The zero-order chi connectivity index (χ0) is 18.1. The van der Waals surface area contributed by atoms with E-state index >= 15 is 0 Å². The van der Waals surface area contributed by atoms with Crippen molar-refractivity contribution >= 4 is 21.6 Å². The van der Waals surface area contributed by atoms with Gasteiger partial charge in [-0.1, -0.05) is 0 Å². The second kappa shape index (κ2) is 6.58. The molecule has 3 N–H and O–H groups in total. The SMILES string of the molecule is COc1nc(C)ccc1C(=O)Nc1cc(S(N)(=O)=O)cc(C)c1C. The van der Waals surface area contributed by atoms with E-state index in [9.17, 15) is 13.2 Å². The second-order valence-electron chi connectivity index (χ2n) is 5.42. The Hall–Kier alpha value is -2.45. The van der Waals surface area contributed by atoms with Crippen LogP contribution in [0.25, 0.3) is 0 Å². The second-order valence-corrected chi connectivity index (χ2v) is 6.98. The van der Waals surface area contributed by atoms with E-state index in [0.717, 1.165) is 5.56 Å². The van der Waals surface area contributed by atoms with Crippen molar-refractivity contribution in [2.24, 2.45) is 5.14 Å². The third-order valence-electron chi connectivity index (χ3n) is 3.66. The van der Waals surface area contributed by atoms with Crippen LogP contribution >= 0.6 is 0 Å². The summed E-state index contributed by atoms with van der Waals surface area (Å²) in [5, 5.41) is 7.87. The molecule has 0 aliphatic heterocycles. The fourth-order valence-corrected chi connectivity index (χ4v) is 2.79. The summed E-state index contributed by atoms with van der Waals surface area (Å²) in [6, 6.07) is 6.09. The number of nitrogens with two attached hydrogens (primary N) is 1. The minimum atomic E-state index is -3.87. The van der Waals surface area contributed by atoms with Crippen molar-refractivity contribution in [3.63, 3.8) is 0 Å². The Morgan fingerprint density at radius 1 is 1.21 bits per heavy atom. The van der Waals surface area contributed by atoms with Crippen molar-refractivity contribution in [3.05, 3.63) is 46.6 Å². The van der Waals surface area contributed by atoms with E-state index in [2.05, 4.69) is 10.3 Å². The number of aryl methyl sites for hydroxylation is 2. The first-order chi connectivity index (χ1) is 11.1. The molecule has 0 atom stereocenters. The number of rotatable bonds is 4. The maximum atomic E-state index is 12.5. The van der Waals surface area contributed by atoms with Gasteiger partial charge in [-0.3, -0.25) is 4.79 Å². The number of hydrogen-bond donors (Lipinski definition) is 2. The number of nitrogens with one attached hydrogen (secondary N) is 1. The quantitative estimate of drug-likeness (QED) is 0.876. The number of primary sulfonamides is 1. The summed E-state index contributed by atoms with van der Waals surface area (Å²) in [5.74, 6) is -0.252. The number of pyridine rings is 1. The highest BCUT2D eigenvalue weighted by atomic mass is 32.2. The molecule has 1 aromatic heterocycles. The molecule has 0 saturated heterocycles. The molecule has 0 fully saturated rings. The van der Waals surface area contributed by atoms with Crippen LogP contribution in [-0.4, -0.2) is 26.4 Å². The van der Waals surface area contributed by atoms with Crippen LogP contribution in [0.4, 0.5) is 5.69 Å². The van der Waals surface area contributed by atoms with E-state index < -0.39 is 15.9 Å². The Kier molecular flexibility index (Phi) is 4.91. The summed E-state index contributed by atoms with van der Waals surface area (Å²) in [4.78, 5) is 16.6. The lowest BCUT2D eigenvalue weighted by Crippen LogP contribution is -2.17. The minimum absolute atomic E-state index is 0.0603. The molecule has 2 rings (SSSR count). The van der Waals surface area contributed by atoms with E-state index in [4.69, 9.17) is 9.88 Å². The number of carbonyl (C=O) groups is 1. The Bertz CT molecular complexity index is 908. The third kappa shape index (κ3) is 3.72. The number of methoxy groups -OCH3 is 1. The maximum Gasteiger partial charge on any atom is 0.261 e. The number of hydrogen-bond acceptors (Lipinski definition) is 5. The monoisotopic (exact) mass is 349 g/mol.